The number of ether oxygens (including phenoxy) is 2. The molecule has 4 rings (SSSR count). The molecule has 1 heterocycles. The third-order valence-electron chi connectivity index (χ3n) is 5.26. The molecule has 96 valence electrons. The fourth-order valence-electron chi connectivity index (χ4n) is 4.28. The molecule has 4 atom stereocenters. The first-order valence-electron chi connectivity index (χ1n) is 7.10. The molecule has 0 aromatic heterocycles. The Bertz CT molecular complexity index is 496. The topological polar surface area (TPSA) is 21.8 Å². The second kappa shape index (κ2) is 3.51. The van der Waals surface area contributed by atoms with E-state index >= 15 is 0 Å². The zero-order valence-electron chi connectivity index (χ0n) is 11.1. The highest BCUT2D eigenvalue weighted by molar-refractivity contribution is 5.47. The second-order valence-electron chi connectivity index (χ2n) is 6.15. The number of hydrogen-bond acceptors (Lipinski definition) is 2. The molecular weight excluding hydrogens is 224 g/mol. The highest BCUT2D eigenvalue weighted by Crippen LogP contribution is 2.62. The molecule has 18 heavy (non-hydrogen) atoms. The first-order chi connectivity index (χ1) is 8.74. The van der Waals surface area contributed by atoms with Crippen molar-refractivity contribution >= 4 is 0 Å². The minimum atomic E-state index is 0.000111. The smallest absolute Gasteiger partial charge is 0.119 e. The van der Waals surface area contributed by atoms with Gasteiger partial charge in [0, 0.05) is 0 Å². The van der Waals surface area contributed by atoms with Crippen LogP contribution in [0, 0.1) is 5.92 Å². The van der Waals surface area contributed by atoms with E-state index in [1.165, 1.54) is 36.8 Å². The van der Waals surface area contributed by atoms with Gasteiger partial charge in [0.15, 0.2) is 0 Å². The van der Waals surface area contributed by atoms with Gasteiger partial charge in [-0.1, -0.05) is 18.9 Å². The van der Waals surface area contributed by atoms with Crippen molar-refractivity contribution in [3.8, 4) is 5.75 Å². The first kappa shape index (κ1) is 10.9. The molecule has 1 aliphatic heterocycles. The third kappa shape index (κ3) is 1.27. The van der Waals surface area contributed by atoms with Crippen LogP contribution in [0.1, 0.15) is 49.7 Å². The Labute approximate surface area is 108 Å². The molecule has 1 aromatic carbocycles. The summed E-state index contributed by atoms with van der Waals surface area (Å²) >= 11 is 0. The van der Waals surface area contributed by atoms with Crippen LogP contribution >= 0.6 is 0 Å². The Morgan fingerprint density at radius 1 is 1.28 bits per heavy atom. The van der Waals surface area contributed by atoms with E-state index in [1.54, 1.807) is 7.11 Å². The van der Waals surface area contributed by atoms with Crippen molar-refractivity contribution < 1.29 is 9.47 Å². The lowest BCUT2D eigenvalue weighted by atomic mass is 9.65. The van der Waals surface area contributed by atoms with Crippen LogP contribution in [0.2, 0.25) is 0 Å². The molecule has 2 aliphatic carbocycles. The molecule has 1 aromatic rings. The van der Waals surface area contributed by atoms with Gasteiger partial charge >= 0.3 is 0 Å². The SMILES string of the molecule is COc1ccc2c(c1)[C@@H]1CCCC[C@@H]1[C@@H]1O[C@]21C. The molecule has 0 spiro atoms. The van der Waals surface area contributed by atoms with Gasteiger partial charge in [-0.3, -0.25) is 0 Å². The van der Waals surface area contributed by atoms with Crippen LogP contribution < -0.4 is 4.74 Å². The quantitative estimate of drug-likeness (QED) is 0.704. The Hall–Kier alpha value is -1.02. The number of epoxide rings is 1. The van der Waals surface area contributed by atoms with E-state index in [9.17, 15) is 0 Å². The lowest BCUT2D eigenvalue weighted by molar-refractivity contribution is 0.235. The number of hydrogen-bond donors (Lipinski definition) is 0. The minimum Gasteiger partial charge on any atom is -0.497 e. The van der Waals surface area contributed by atoms with Gasteiger partial charge in [0.05, 0.1) is 13.2 Å². The van der Waals surface area contributed by atoms with E-state index in [4.69, 9.17) is 9.47 Å². The van der Waals surface area contributed by atoms with E-state index in [1.807, 2.05) is 0 Å². The Morgan fingerprint density at radius 3 is 2.94 bits per heavy atom. The summed E-state index contributed by atoms with van der Waals surface area (Å²) in [6.45, 7) is 2.26. The number of fused-ring (bicyclic) bond motifs is 6. The summed E-state index contributed by atoms with van der Waals surface area (Å²) in [6, 6.07) is 6.55. The predicted molar refractivity (Wildman–Crippen MR) is 69.9 cm³/mol. The highest BCUT2D eigenvalue weighted by Gasteiger charge is 2.63. The van der Waals surface area contributed by atoms with Gasteiger partial charge in [0.2, 0.25) is 0 Å². The lowest BCUT2D eigenvalue weighted by Gasteiger charge is -2.37. The lowest BCUT2D eigenvalue weighted by Crippen LogP contribution is -2.32. The fraction of sp³-hybridized carbons (Fsp3) is 0.625. The average molecular weight is 244 g/mol. The third-order valence-corrected chi connectivity index (χ3v) is 5.26. The van der Waals surface area contributed by atoms with Crippen LogP contribution in [-0.4, -0.2) is 13.2 Å². The van der Waals surface area contributed by atoms with Crippen molar-refractivity contribution in [3.05, 3.63) is 29.3 Å². The molecular formula is C16H20O2. The molecule has 0 amide bonds. The number of methoxy groups -OCH3 is 1. The van der Waals surface area contributed by atoms with Gasteiger partial charge in [-0.15, -0.1) is 0 Å². The molecule has 2 fully saturated rings. The van der Waals surface area contributed by atoms with Crippen LogP contribution in [0.15, 0.2) is 18.2 Å². The van der Waals surface area contributed by atoms with E-state index in [-0.39, 0.29) is 5.60 Å². The largest absolute Gasteiger partial charge is 0.497 e. The zero-order valence-corrected chi connectivity index (χ0v) is 11.1. The summed E-state index contributed by atoms with van der Waals surface area (Å²) in [5, 5.41) is 0. The van der Waals surface area contributed by atoms with Crippen LogP contribution in [0.4, 0.5) is 0 Å². The van der Waals surface area contributed by atoms with Gasteiger partial charge in [0.25, 0.3) is 0 Å². The number of benzene rings is 1. The summed E-state index contributed by atoms with van der Waals surface area (Å²) in [5.74, 6) is 2.42. The van der Waals surface area contributed by atoms with E-state index in [0.717, 1.165) is 11.7 Å². The second-order valence-corrected chi connectivity index (χ2v) is 6.15. The first-order valence-corrected chi connectivity index (χ1v) is 7.10. The van der Waals surface area contributed by atoms with Crippen molar-refractivity contribution in [2.45, 2.75) is 50.2 Å². The molecule has 0 radical (unpaired) electrons. The minimum absolute atomic E-state index is 0.000111. The fourth-order valence-corrected chi connectivity index (χ4v) is 4.28. The van der Waals surface area contributed by atoms with E-state index in [2.05, 4.69) is 25.1 Å². The summed E-state index contributed by atoms with van der Waals surface area (Å²) in [5.41, 5.74) is 2.91. The van der Waals surface area contributed by atoms with Gasteiger partial charge in [-0.05, 0) is 54.9 Å². The van der Waals surface area contributed by atoms with Crippen molar-refractivity contribution in [2.24, 2.45) is 5.92 Å². The van der Waals surface area contributed by atoms with Gasteiger partial charge in [-0.25, -0.2) is 0 Å². The predicted octanol–water partition coefficient (Wildman–Crippen LogP) is 3.60. The van der Waals surface area contributed by atoms with Crippen LogP contribution in [0.3, 0.4) is 0 Å². The summed E-state index contributed by atoms with van der Waals surface area (Å²) < 4.78 is 11.5. The van der Waals surface area contributed by atoms with Gasteiger partial charge in [0.1, 0.15) is 11.4 Å². The van der Waals surface area contributed by atoms with Crippen molar-refractivity contribution in [1.82, 2.24) is 0 Å². The van der Waals surface area contributed by atoms with Crippen molar-refractivity contribution in [2.75, 3.05) is 7.11 Å². The maximum absolute atomic E-state index is 6.09. The highest BCUT2D eigenvalue weighted by atomic mass is 16.6. The summed E-state index contributed by atoms with van der Waals surface area (Å²) in [4.78, 5) is 0. The maximum Gasteiger partial charge on any atom is 0.119 e. The van der Waals surface area contributed by atoms with Gasteiger partial charge < -0.3 is 9.47 Å². The molecule has 1 saturated carbocycles. The maximum atomic E-state index is 6.09. The summed E-state index contributed by atoms with van der Waals surface area (Å²) in [7, 11) is 1.75. The normalized spacial score (nSPS) is 40.4. The molecule has 0 unspecified atom stereocenters. The van der Waals surface area contributed by atoms with E-state index in [0.29, 0.717) is 12.0 Å². The van der Waals surface area contributed by atoms with Crippen LogP contribution in [0.5, 0.6) is 5.75 Å². The molecule has 1 saturated heterocycles. The molecule has 0 bridgehead atoms. The van der Waals surface area contributed by atoms with Crippen LogP contribution in [0.25, 0.3) is 0 Å². The zero-order chi connectivity index (χ0) is 12.3. The van der Waals surface area contributed by atoms with Crippen molar-refractivity contribution in [3.63, 3.8) is 0 Å². The molecule has 2 heteroatoms. The molecule has 0 N–H and O–H groups in total. The van der Waals surface area contributed by atoms with Gasteiger partial charge in [-0.2, -0.15) is 0 Å². The monoisotopic (exact) mass is 244 g/mol. The Balaban J connectivity index is 1.85. The Kier molecular flexibility index (Phi) is 2.12. The van der Waals surface area contributed by atoms with E-state index < -0.39 is 0 Å². The standard InChI is InChI=1S/C16H20O2/c1-16-14-8-7-10(17-2)9-13(14)11-5-3-4-6-12(11)15(16)18-16/h7-9,11-12,15H,3-6H2,1-2H3/t11-,12+,15+,16-/m1/s1. The van der Waals surface area contributed by atoms with Crippen molar-refractivity contribution in [1.29, 1.82) is 0 Å². The average Bonchev–Trinajstić information content (AvgIpc) is 3.12. The molecule has 2 nitrogen and oxygen atoms in total. The Morgan fingerprint density at radius 2 is 2.11 bits per heavy atom. The summed E-state index contributed by atoms with van der Waals surface area (Å²) in [6.07, 6.45) is 5.86. The molecule has 3 aliphatic rings. The van der Waals surface area contributed by atoms with Crippen LogP contribution in [-0.2, 0) is 10.3 Å². The number of rotatable bonds is 1.